The van der Waals surface area contributed by atoms with E-state index in [9.17, 15) is 4.79 Å². The van der Waals surface area contributed by atoms with E-state index in [4.69, 9.17) is 4.74 Å². The van der Waals surface area contributed by atoms with Gasteiger partial charge < -0.3 is 4.74 Å². The van der Waals surface area contributed by atoms with E-state index in [0.29, 0.717) is 0 Å². The van der Waals surface area contributed by atoms with Crippen LogP contribution in [0.5, 0.6) is 5.75 Å². The summed E-state index contributed by atoms with van der Waals surface area (Å²) in [6.07, 6.45) is 7.19. The monoisotopic (exact) mass is 270 g/mol. The van der Waals surface area contributed by atoms with Gasteiger partial charge in [-0.3, -0.25) is 4.79 Å². The third-order valence-electron chi connectivity index (χ3n) is 4.20. The lowest BCUT2D eigenvalue weighted by Gasteiger charge is -2.29. The fourth-order valence-corrected chi connectivity index (χ4v) is 3.23. The number of carbonyl (C=O) groups is 1. The van der Waals surface area contributed by atoms with Crippen LogP contribution in [0, 0.1) is 0 Å². The number of methoxy groups -OCH3 is 1. The fourth-order valence-electron chi connectivity index (χ4n) is 3.23. The van der Waals surface area contributed by atoms with Crippen LogP contribution in [0.3, 0.4) is 0 Å². The Bertz CT molecular complexity index is 599. The summed E-state index contributed by atoms with van der Waals surface area (Å²) in [6, 6.07) is 9.61. The summed E-state index contributed by atoms with van der Waals surface area (Å²) in [6.45, 7) is 0. The summed E-state index contributed by atoms with van der Waals surface area (Å²) in [5.41, 5.74) is 0.485. The first-order chi connectivity index (χ1) is 9.78. The number of benzene rings is 1. The molecular formula is C16H18N2O2. The van der Waals surface area contributed by atoms with Crippen LogP contribution in [0.2, 0.25) is 0 Å². The van der Waals surface area contributed by atoms with Gasteiger partial charge in [-0.05, 0) is 25.0 Å². The first-order valence-corrected chi connectivity index (χ1v) is 6.96. The molecule has 1 saturated carbocycles. The van der Waals surface area contributed by atoms with Crippen molar-refractivity contribution >= 4 is 5.91 Å². The molecule has 0 saturated heterocycles. The van der Waals surface area contributed by atoms with Crippen molar-refractivity contribution < 1.29 is 9.53 Å². The van der Waals surface area contributed by atoms with Gasteiger partial charge in [0.1, 0.15) is 5.75 Å². The Morgan fingerprint density at radius 1 is 1.25 bits per heavy atom. The molecular weight excluding hydrogens is 252 g/mol. The van der Waals surface area contributed by atoms with Crippen LogP contribution in [0.25, 0.3) is 0 Å². The van der Waals surface area contributed by atoms with Crippen LogP contribution in [0.15, 0.2) is 42.7 Å². The standard InChI is InChI=1S/C16H18N2O2/c1-20-14-8-3-2-7-13(14)16(9-4-5-10-16)15(19)18-12-6-11-17-18/h2-3,6-8,11-12H,4-5,9-10H2,1H3. The third-order valence-corrected chi connectivity index (χ3v) is 4.20. The van der Waals surface area contributed by atoms with Gasteiger partial charge in [0.15, 0.2) is 0 Å². The van der Waals surface area contributed by atoms with Crippen LogP contribution in [0.4, 0.5) is 0 Å². The molecule has 1 aromatic heterocycles. The van der Waals surface area contributed by atoms with Crippen molar-refractivity contribution in [3.05, 3.63) is 48.3 Å². The molecule has 1 aliphatic carbocycles. The van der Waals surface area contributed by atoms with Gasteiger partial charge in [-0.2, -0.15) is 5.10 Å². The molecule has 20 heavy (non-hydrogen) atoms. The minimum absolute atomic E-state index is 0.0458. The third kappa shape index (κ3) is 1.92. The van der Waals surface area contributed by atoms with E-state index < -0.39 is 5.41 Å². The highest BCUT2D eigenvalue weighted by molar-refractivity contribution is 5.90. The van der Waals surface area contributed by atoms with E-state index in [-0.39, 0.29) is 5.91 Å². The Balaban J connectivity index is 2.11. The normalized spacial score (nSPS) is 17.1. The van der Waals surface area contributed by atoms with E-state index in [2.05, 4.69) is 5.10 Å². The van der Waals surface area contributed by atoms with Crippen LogP contribution < -0.4 is 4.74 Å². The van der Waals surface area contributed by atoms with Crippen molar-refractivity contribution in [1.82, 2.24) is 9.78 Å². The quantitative estimate of drug-likeness (QED) is 0.861. The summed E-state index contributed by atoms with van der Waals surface area (Å²) in [5.74, 6) is 0.833. The van der Waals surface area contributed by atoms with Crippen LogP contribution >= 0.6 is 0 Å². The Morgan fingerprint density at radius 2 is 2.00 bits per heavy atom. The van der Waals surface area contributed by atoms with Gasteiger partial charge in [-0.1, -0.05) is 31.0 Å². The molecule has 0 radical (unpaired) electrons. The zero-order chi connectivity index (χ0) is 14.0. The lowest BCUT2D eigenvalue weighted by molar-refractivity contribution is 0.0777. The van der Waals surface area contributed by atoms with Gasteiger partial charge in [-0.15, -0.1) is 0 Å². The van der Waals surface area contributed by atoms with Crippen LogP contribution in [-0.2, 0) is 5.41 Å². The molecule has 2 aromatic rings. The molecule has 0 amide bonds. The lowest BCUT2D eigenvalue weighted by atomic mass is 9.77. The van der Waals surface area contributed by atoms with Crippen LogP contribution in [-0.4, -0.2) is 22.8 Å². The molecule has 3 rings (SSSR count). The van der Waals surface area contributed by atoms with Crippen molar-refractivity contribution in [3.8, 4) is 5.75 Å². The summed E-state index contributed by atoms with van der Waals surface area (Å²) in [5, 5.41) is 4.11. The molecule has 4 heteroatoms. The van der Waals surface area contributed by atoms with E-state index in [1.54, 1.807) is 25.6 Å². The number of rotatable bonds is 3. The average molecular weight is 270 g/mol. The SMILES string of the molecule is COc1ccccc1C1(C(=O)n2cccn2)CCCC1. The van der Waals surface area contributed by atoms with Gasteiger partial charge in [-0.25, -0.2) is 4.68 Å². The van der Waals surface area contributed by atoms with Crippen LogP contribution in [0.1, 0.15) is 36.0 Å². The van der Waals surface area contributed by atoms with Crippen molar-refractivity contribution in [1.29, 1.82) is 0 Å². The topological polar surface area (TPSA) is 44.1 Å². The summed E-state index contributed by atoms with van der Waals surface area (Å²) in [7, 11) is 1.65. The second-order valence-corrected chi connectivity index (χ2v) is 5.25. The van der Waals surface area contributed by atoms with Crippen molar-refractivity contribution in [2.45, 2.75) is 31.1 Å². The molecule has 1 fully saturated rings. The zero-order valence-corrected chi connectivity index (χ0v) is 11.6. The average Bonchev–Trinajstić information content (AvgIpc) is 3.18. The number of carbonyl (C=O) groups excluding carboxylic acids is 1. The molecule has 0 spiro atoms. The Morgan fingerprint density at radius 3 is 2.65 bits per heavy atom. The number of hydrogen-bond donors (Lipinski definition) is 0. The van der Waals surface area contributed by atoms with E-state index in [1.807, 2.05) is 24.3 Å². The maximum atomic E-state index is 12.9. The first kappa shape index (κ1) is 12.9. The van der Waals surface area contributed by atoms with E-state index in [0.717, 1.165) is 37.0 Å². The van der Waals surface area contributed by atoms with Gasteiger partial charge in [0.25, 0.3) is 5.91 Å². The van der Waals surface area contributed by atoms with Crippen molar-refractivity contribution in [2.24, 2.45) is 0 Å². The highest BCUT2D eigenvalue weighted by Gasteiger charge is 2.45. The predicted octanol–water partition coefficient (Wildman–Crippen LogP) is 3.04. The smallest absolute Gasteiger partial charge is 0.257 e. The number of para-hydroxylation sites is 1. The van der Waals surface area contributed by atoms with Crippen molar-refractivity contribution in [2.75, 3.05) is 7.11 Å². The maximum Gasteiger partial charge on any atom is 0.257 e. The highest BCUT2D eigenvalue weighted by Crippen LogP contribution is 2.45. The Hall–Kier alpha value is -2.10. The minimum Gasteiger partial charge on any atom is -0.496 e. The Labute approximate surface area is 118 Å². The molecule has 4 nitrogen and oxygen atoms in total. The van der Waals surface area contributed by atoms with Gasteiger partial charge in [0, 0.05) is 18.0 Å². The fraction of sp³-hybridized carbons (Fsp3) is 0.375. The van der Waals surface area contributed by atoms with Crippen molar-refractivity contribution in [3.63, 3.8) is 0 Å². The second-order valence-electron chi connectivity index (χ2n) is 5.25. The van der Waals surface area contributed by atoms with Gasteiger partial charge in [0.05, 0.1) is 12.5 Å². The van der Waals surface area contributed by atoms with Gasteiger partial charge >= 0.3 is 0 Å². The maximum absolute atomic E-state index is 12.9. The molecule has 0 N–H and O–H groups in total. The zero-order valence-electron chi connectivity index (χ0n) is 11.6. The lowest BCUT2D eigenvalue weighted by Crippen LogP contribution is -2.37. The number of nitrogens with zero attached hydrogens (tertiary/aromatic N) is 2. The molecule has 0 aliphatic heterocycles. The molecule has 104 valence electrons. The summed E-state index contributed by atoms with van der Waals surface area (Å²) < 4.78 is 6.92. The number of ether oxygens (including phenoxy) is 1. The number of aromatic nitrogens is 2. The van der Waals surface area contributed by atoms with E-state index >= 15 is 0 Å². The minimum atomic E-state index is -0.501. The highest BCUT2D eigenvalue weighted by atomic mass is 16.5. The molecule has 1 aromatic carbocycles. The molecule has 0 atom stereocenters. The summed E-state index contributed by atoms with van der Waals surface area (Å²) in [4.78, 5) is 12.9. The molecule has 1 aliphatic rings. The largest absolute Gasteiger partial charge is 0.496 e. The second kappa shape index (κ2) is 5.12. The van der Waals surface area contributed by atoms with Gasteiger partial charge in [0.2, 0.25) is 0 Å². The molecule has 0 bridgehead atoms. The molecule has 1 heterocycles. The predicted molar refractivity (Wildman–Crippen MR) is 76.0 cm³/mol. The van der Waals surface area contributed by atoms with E-state index in [1.165, 1.54) is 4.68 Å². The molecule has 0 unspecified atom stereocenters. The summed E-state index contributed by atoms with van der Waals surface area (Å²) >= 11 is 0. The number of hydrogen-bond acceptors (Lipinski definition) is 3. The first-order valence-electron chi connectivity index (χ1n) is 6.96. The Kier molecular flexibility index (Phi) is 3.30.